The first-order chi connectivity index (χ1) is 9.13. The fourth-order valence-corrected chi connectivity index (χ4v) is 2.16. The molecule has 2 aromatic carbocycles. The molecule has 0 aliphatic carbocycles. The molecular formula is C17H14N2. The maximum Gasteiger partial charge on any atom is 0.0994 e. The third kappa shape index (κ3) is 2.81. The molecule has 19 heavy (non-hydrogen) atoms. The Bertz CT molecular complexity index is 639. The molecule has 0 saturated heterocycles. The van der Waals surface area contributed by atoms with Crippen LogP contribution in [0.15, 0.2) is 36.4 Å². The second-order valence-corrected chi connectivity index (χ2v) is 4.70. The number of aryl methyl sites for hydroxylation is 2. The fourth-order valence-electron chi connectivity index (χ4n) is 2.16. The summed E-state index contributed by atoms with van der Waals surface area (Å²) >= 11 is 0. The lowest BCUT2D eigenvalue weighted by Gasteiger charge is -2.06. The zero-order valence-electron chi connectivity index (χ0n) is 11.1. The van der Waals surface area contributed by atoms with Crippen molar-refractivity contribution in [3.05, 3.63) is 69.8 Å². The Hall–Kier alpha value is -2.58. The van der Waals surface area contributed by atoms with Gasteiger partial charge in [-0.2, -0.15) is 10.5 Å². The first-order valence-electron chi connectivity index (χ1n) is 6.13. The van der Waals surface area contributed by atoms with Crippen LogP contribution in [0.5, 0.6) is 0 Å². The Morgan fingerprint density at radius 2 is 1.21 bits per heavy atom. The molecule has 0 saturated carbocycles. The molecule has 2 nitrogen and oxygen atoms in total. The van der Waals surface area contributed by atoms with Crippen molar-refractivity contribution in [3.8, 4) is 12.1 Å². The summed E-state index contributed by atoms with van der Waals surface area (Å²) in [7, 11) is 0. The van der Waals surface area contributed by atoms with Gasteiger partial charge in [0.25, 0.3) is 0 Å². The van der Waals surface area contributed by atoms with Crippen molar-refractivity contribution >= 4 is 0 Å². The summed E-state index contributed by atoms with van der Waals surface area (Å²) in [6, 6.07) is 16.1. The molecule has 0 aromatic heterocycles. The van der Waals surface area contributed by atoms with Crippen LogP contribution in [-0.2, 0) is 6.42 Å². The zero-order chi connectivity index (χ0) is 13.8. The summed E-state index contributed by atoms with van der Waals surface area (Å²) in [4.78, 5) is 0. The lowest BCUT2D eigenvalue weighted by atomic mass is 9.98. The molecule has 0 fully saturated rings. The molecule has 0 aliphatic rings. The molecule has 0 aliphatic heterocycles. The van der Waals surface area contributed by atoms with E-state index in [4.69, 9.17) is 10.5 Å². The van der Waals surface area contributed by atoms with E-state index in [0.717, 1.165) is 28.7 Å². The van der Waals surface area contributed by atoms with Crippen molar-refractivity contribution in [2.75, 3.05) is 0 Å². The highest BCUT2D eigenvalue weighted by molar-refractivity contribution is 5.43. The van der Waals surface area contributed by atoms with E-state index < -0.39 is 0 Å². The van der Waals surface area contributed by atoms with Crippen LogP contribution in [0.4, 0.5) is 0 Å². The first kappa shape index (κ1) is 12.9. The summed E-state index contributed by atoms with van der Waals surface area (Å²) in [5, 5.41) is 17.8. The second kappa shape index (κ2) is 5.38. The van der Waals surface area contributed by atoms with Crippen LogP contribution in [0, 0.1) is 36.5 Å². The minimum atomic E-state index is 0.722. The molecule has 0 unspecified atom stereocenters. The average Bonchev–Trinajstić information content (AvgIpc) is 2.39. The van der Waals surface area contributed by atoms with Gasteiger partial charge >= 0.3 is 0 Å². The SMILES string of the molecule is Cc1cc(Cc2ccc(C#N)c(C)c2)ccc1C#N. The van der Waals surface area contributed by atoms with Crippen molar-refractivity contribution in [2.24, 2.45) is 0 Å². The van der Waals surface area contributed by atoms with Gasteiger partial charge < -0.3 is 0 Å². The lowest BCUT2D eigenvalue weighted by Crippen LogP contribution is -1.93. The van der Waals surface area contributed by atoms with Gasteiger partial charge in [-0.25, -0.2) is 0 Å². The highest BCUT2D eigenvalue weighted by atomic mass is 14.2. The van der Waals surface area contributed by atoms with E-state index in [1.807, 2.05) is 50.2 Å². The number of rotatable bonds is 2. The van der Waals surface area contributed by atoms with Crippen LogP contribution in [0.3, 0.4) is 0 Å². The first-order valence-corrected chi connectivity index (χ1v) is 6.13. The Morgan fingerprint density at radius 1 is 0.789 bits per heavy atom. The number of hydrogen-bond acceptors (Lipinski definition) is 2. The zero-order valence-corrected chi connectivity index (χ0v) is 11.1. The number of benzene rings is 2. The topological polar surface area (TPSA) is 47.6 Å². The summed E-state index contributed by atoms with van der Waals surface area (Å²) < 4.78 is 0. The Morgan fingerprint density at radius 3 is 1.53 bits per heavy atom. The lowest BCUT2D eigenvalue weighted by molar-refractivity contribution is 1.16. The van der Waals surface area contributed by atoms with Crippen LogP contribution in [0.25, 0.3) is 0 Å². The van der Waals surface area contributed by atoms with E-state index in [0.29, 0.717) is 0 Å². The van der Waals surface area contributed by atoms with E-state index in [1.54, 1.807) is 0 Å². The Labute approximate surface area is 113 Å². The molecule has 0 bridgehead atoms. The smallest absolute Gasteiger partial charge is 0.0994 e. The van der Waals surface area contributed by atoms with Crippen LogP contribution in [-0.4, -0.2) is 0 Å². The molecule has 0 heterocycles. The second-order valence-electron chi connectivity index (χ2n) is 4.70. The summed E-state index contributed by atoms with van der Waals surface area (Å²) in [5.41, 5.74) is 5.82. The molecule has 0 N–H and O–H groups in total. The van der Waals surface area contributed by atoms with E-state index in [1.165, 1.54) is 11.1 Å². The average molecular weight is 246 g/mol. The molecule has 2 heteroatoms. The van der Waals surface area contributed by atoms with Crippen LogP contribution in [0.1, 0.15) is 33.4 Å². The molecule has 0 atom stereocenters. The third-order valence-corrected chi connectivity index (χ3v) is 3.23. The number of hydrogen-bond donors (Lipinski definition) is 0. The van der Waals surface area contributed by atoms with Crippen molar-refractivity contribution < 1.29 is 0 Å². The molecule has 0 amide bonds. The fraction of sp³-hybridized carbons (Fsp3) is 0.176. The van der Waals surface area contributed by atoms with Crippen molar-refractivity contribution in [2.45, 2.75) is 20.3 Å². The maximum atomic E-state index is 8.91. The largest absolute Gasteiger partial charge is 0.192 e. The minimum absolute atomic E-state index is 0.722. The van der Waals surface area contributed by atoms with Gasteiger partial charge in [0.05, 0.1) is 23.3 Å². The van der Waals surface area contributed by atoms with Gasteiger partial charge in [-0.3, -0.25) is 0 Å². The van der Waals surface area contributed by atoms with Crippen LogP contribution in [0.2, 0.25) is 0 Å². The van der Waals surface area contributed by atoms with E-state index in [-0.39, 0.29) is 0 Å². The van der Waals surface area contributed by atoms with E-state index in [2.05, 4.69) is 12.1 Å². The van der Waals surface area contributed by atoms with Gasteiger partial charge in [0, 0.05) is 0 Å². The summed E-state index contributed by atoms with van der Waals surface area (Å²) in [6.07, 6.45) is 0.819. The van der Waals surface area contributed by atoms with E-state index >= 15 is 0 Å². The summed E-state index contributed by atoms with van der Waals surface area (Å²) in [6.45, 7) is 3.90. The van der Waals surface area contributed by atoms with Gasteiger partial charge in [0.1, 0.15) is 0 Å². The van der Waals surface area contributed by atoms with Crippen LogP contribution >= 0.6 is 0 Å². The predicted molar refractivity (Wildman–Crippen MR) is 74.6 cm³/mol. The number of nitriles is 2. The van der Waals surface area contributed by atoms with Gasteiger partial charge in [-0.15, -0.1) is 0 Å². The quantitative estimate of drug-likeness (QED) is 0.812. The number of nitrogens with zero attached hydrogens (tertiary/aromatic N) is 2. The maximum absolute atomic E-state index is 8.91. The molecular weight excluding hydrogens is 232 g/mol. The van der Waals surface area contributed by atoms with Crippen molar-refractivity contribution in [1.82, 2.24) is 0 Å². The normalized spacial score (nSPS) is 9.68. The van der Waals surface area contributed by atoms with Crippen molar-refractivity contribution in [1.29, 1.82) is 10.5 Å². The Balaban J connectivity index is 2.27. The van der Waals surface area contributed by atoms with E-state index in [9.17, 15) is 0 Å². The molecule has 2 rings (SSSR count). The third-order valence-electron chi connectivity index (χ3n) is 3.23. The van der Waals surface area contributed by atoms with Gasteiger partial charge in [0.2, 0.25) is 0 Å². The van der Waals surface area contributed by atoms with Gasteiger partial charge in [0.15, 0.2) is 0 Å². The monoisotopic (exact) mass is 246 g/mol. The van der Waals surface area contributed by atoms with Crippen molar-refractivity contribution in [3.63, 3.8) is 0 Å². The highest BCUT2D eigenvalue weighted by Gasteiger charge is 2.03. The minimum Gasteiger partial charge on any atom is -0.192 e. The summed E-state index contributed by atoms with van der Waals surface area (Å²) in [5.74, 6) is 0. The molecule has 92 valence electrons. The standard InChI is InChI=1S/C17H14N2/c1-12-7-14(3-5-16(12)10-18)9-15-4-6-17(11-19)13(2)8-15/h3-8H,9H2,1-2H3. The highest BCUT2D eigenvalue weighted by Crippen LogP contribution is 2.16. The van der Waals surface area contributed by atoms with Gasteiger partial charge in [-0.1, -0.05) is 24.3 Å². The molecule has 2 aromatic rings. The van der Waals surface area contributed by atoms with Crippen LogP contribution < -0.4 is 0 Å². The van der Waals surface area contributed by atoms with Gasteiger partial charge in [-0.05, 0) is 54.7 Å². The molecule has 0 spiro atoms. The predicted octanol–water partition coefficient (Wildman–Crippen LogP) is 3.64. The molecule has 0 radical (unpaired) electrons. The Kier molecular flexibility index (Phi) is 3.64.